The Labute approximate surface area is 107 Å². The van der Waals surface area contributed by atoms with Crippen molar-refractivity contribution >= 4 is 0 Å². The van der Waals surface area contributed by atoms with Crippen LogP contribution in [-0.4, -0.2) is 18.1 Å². The molecule has 0 aromatic heterocycles. The van der Waals surface area contributed by atoms with Gasteiger partial charge in [-0.1, -0.05) is 33.1 Å². The van der Waals surface area contributed by atoms with Crippen molar-refractivity contribution in [2.24, 2.45) is 17.6 Å². The summed E-state index contributed by atoms with van der Waals surface area (Å²) in [7, 11) is 0. The molecular weight excluding hydrogens is 208 g/mol. The summed E-state index contributed by atoms with van der Waals surface area (Å²) >= 11 is 0. The third kappa shape index (κ3) is 3.23. The van der Waals surface area contributed by atoms with Crippen LogP contribution in [0.4, 0.5) is 0 Å². The summed E-state index contributed by atoms with van der Waals surface area (Å²) in [5.41, 5.74) is 6.38. The molecule has 0 heterocycles. The Hall–Kier alpha value is -0.0800. The van der Waals surface area contributed by atoms with Gasteiger partial charge in [-0.25, -0.2) is 0 Å². The van der Waals surface area contributed by atoms with Crippen LogP contribution in [0.15, 0.2) is 0 Å². The first-order valence-corrected chi connectivity index (χ1v) is 7.65. The van der Waals surface area contributed by atoms with E-state index >= 15 is 0 Å². The summed E-state index contributed by atoms with van der Waals surface area (Å²) in [6.45, 7) is 5.54. The van der Waals surface area contributed by atoms with Crippen molar-refractivity contribution in [3.05, 3.63) is 0 Å². The molecule has 2 nitrogen and oxygen atoms in total. The molecule has 0 aliphatic heterocycles. The van der Waals surface area contributed by atoms with Gasteiger partial charge < -0.3 is 11.1 Å². The van der Waals surface area contributed by atoms with E-state index in [1.807, 2.05) is 0 Å². The molecule has 100 valence electrons. The number of nitrogens with one attached hydrogen (secondary N) is 1. The fourth-order valence-corrected chi connectivity index (χ4v) is 3.98. The Bertz CT molecular complexity index is 241. The number of nitrogens with two attached hydrogens (primary N) is 1. The van der Waals surface area contributed by atoms with Crippen LogP contribution in [0.2, 0.25) is 0 Å². The standard InChI is InChI=1S/C15H30N2/c1-3-13-5-4-8-15(10-13,11-16)17-14-7-6-12(2)9-14/h12-14,17H,3-11,16H2,1-2H3. The van der Waals surface area contributed by atoms with Crippen molar-refractivity contribution in [2.45, 2.75) is 76.8 Å². The average molecular weight is 238 g/mol. The maximum absolute atomic E-state index is 6.11. The van der Waals surface area contributed by atoms with Crippen molar-refractivity contribution < 1.29 is 0 Å². The fourth-order valence-electron chi connectivity index (χ4n) is 3.98. The molecule has 0 aromatic carbocycles. The highest BCUT2D eigenvalue weighted by Gasteiger charge is 2.37. The van der Waals surface area contributed by atoms with Crippen molar-refractivity contribution in [2.75, 3.05) is 6.54 Å². The maximum Gasteiger partial charge on any atom is 0.0309 e. The summed E-state index contributed by atoms with van der Waals surface area (Å²) in [6, 6.07) is 0.740. The quantitative estimate of drug-likeness (QED) is 0.790. The van der Waals surface area contributed by atoms with Crippen LogP contribution in [-0.2, 0) is 0 Å². The lowest BCUT2D eigenvalue weighted by Crippen LogP contribution is -2.57. The Morgan fingerprint density at radius 3 is 2.71 bits per heavy atom. The molecule has 2 saturated carbocycles. The predicted octanol–water partition coefficient (Wildman–Crippen LogP) is 3.06. The topological polar surface area (TPSA) is 38.0 Å². The van der Waals surface area contributed by atoms with Crippen LogP contribution in [0.5, 0.6) is 0 Å². The molecule has 2 aliphatic rings. The van der Waals surface area contributed by atoms with E-state index in [1.54, 1.807) is 0 Å². The third-order valence-corrected chi connectivity index (χ3v) is 5.12. The molecule has 3 N–H and O–H groups in total. The molecule has 0 bridgehead atoms. The Morgan fingerprint density at radius 2 is 2.12 bits per heavy atom. The molecule has 4 unspecified atom stereocenters. The van der Waals surface area contributed by atoms with Gasteiger partial charge in [0.1, 0.15) is 0 Å². The van der Waals surface area contributed by atoms with Gasteiger partial charge in [-0.05, 0) is 43.9 Å². The lowest BCUT2D eigenvalue weighted by molar-refractivity contribution is 0.163. The molecule has 2 aliphatic carbocycles. The van der Waals surface area contributed by atoms with Crippen molar-refractivity contribution in [1.82, 2.24) is 5.32 Å². The van der Waals surface area contributed by atoms with Crippen molar-refractivity contribution in [1.29, 1.82) is 0 Å². The van der Waals surface area contributed by atoms with Crippen LogP contribution in [0.3, 0.4) is 0 Å². The van der Waals surface area contributed by atoms with E-state index in [9.17, 15) is 0 Å². The number of hydrogen-bond acceptors (Lipinski definition) is 2. The molecule has 0 spiro atoms. The third-order valence-electron chi connectivity index (χ3n) is 5.12. The SMILES string of the molecule is CCC1CCCC(CN)(NC2CCC(C)C2)C1. The van der Waals surface area contributed by atoms with Crippen molar-refractivity contribution in [3.63, 3.8) is 0 Å². The van der Waals surface area contributed by atoms with Crippen LogP contribution in [0.1, 0.15) is 65.2 Å². The van der Waals surface area contributed by atoms with Crippen LogP contribution in [0, 0.1) is 11.8 Å². The van der Waals surface area contributed by atoms with Gasteiger partial charge in [0.05, 0.1) is 0 Å². The molecule has 17 heavy (non-hydrogen) atoms. The second-order valence-corrected chi connectivity index (χ2v) is 6.61. The van der Waals surface area contributed by atoms with Crippen LogP contribution < -0.4 is 11.1 Å². The summed E-state index contributed by atoms with van der Waals surface area (Å²) in [5, 5.41) is 3.95. The predicted molar refractivity (Wildman–Crippen MR) is 74.0 cm³/mol. The fraction of sp³-hybridized carbons (Fsp3) is 1.00. The lowest BCUT2D eigenvalue weighted by Gasteiger charge is -2.43. The summed E-state index contributed by atoms with van der Waals surface area (Å²) in [5.74, 6) is 1.81. The highest BCUT2D eigenvalue weighted by molar-refractivity contribution is 4.97. The summed E-state index contributed by atoms with van der Waals surface area (Å²) < 4.78 is 0. The minimum absolute atomic E-state index is 0.271. The van der Waals surface area contributed by atoms with Crippen LogP contribution in [0.25, 0.3) is 0 Å². The van der Waals surface area contributed by atoms with E-state index in [-0.39, 0.29) is 5.54 Å². The maximum atomic E-state index is 6.11. The molecule has 2 heteroatoms. The van der Waals surface area contributed by atoms with E-state index in [0.717, 1.165) is 24.4 Å². The van der Waals surface area contributed by atoms with Gasteiger partial charge in [0, 0.05) is 18.1 Å². The van der Waals surface area contributed by atoms with Gasteiger partial charge >= 0.3 is 0 Å². The zero-order valence-electron chi connectivity index (χ0n) is 11.7. The minimum Gasteiger partial charge on any atom is -0.329 e. The van der Waals surface area contributed by atoms with E-state index in [4.69, 9.17) is 5.73 Å². The molecular formula is C15H30N2. The van der Waals surface area contributed by atoms with Gasteiger partial charge in [0.2, 0.25) is 0 Å². The highest BCUT2D eigenvalue weighted by atomic mass is 15.0. The first-order valence-electron chi connectivity index (χ1n) is 7.65. The summed E-state index contributed by atoms with van der Waals surface area (Å²) in [6.07, 6.45) is 10.8. The lowest BCUT2D eigenvalue weighted by atomic mass is 9.74. The number of rotatable bonds is 4. The minimum atomic E-state index is 0.271. The highest BCUT2D eigenvalue weighted by Crippen LogP contribution is 2.36. The molecule has 4 atom stereocenters. The van der Waals surface area contributed by atoms with Gasteiger partial charge in [-0.3, -0.25) is 0 Å². The Balaban J connectivity index is 1.93. The van der Waals surface area contributed by atoms with Gasteiger partial charge in [-0.15, -0.1) is 0 Å². The monoisotopic (exact) mass is 238 g/mol. The average Bonchev–Trinajstić information content (AvgIpc) is 2.75. The van der Waals surface area contributed by atoms with E-state index in [2.05, 4.69) is 19.2 Å². The Morgan fingerprint density at radius 1 is 1.29 bits per heavy atom. The van der Waals surface area contributed by atoms with Crippen molar-refractivity contribution in [3.8, 4) is 0 Å². The van der Waals surface area contributed by atoms with Gasteiger partial charge in [0.25, 0.3) is 0 Å². The first-order chi connectivity index (χ1) is 8.17. The van der Waals surface area contributed by atoms with Crippen LogP contribution >= 0.6 is 0 Å². The first kappa shape index (κ1) is 13.4. The van der Waals surface area contributed by atoms with E-state index < -0.39 is 0 Å². The largest absolute Gasteiger partial charge is 0.329 e. The zero-order valence-corrected chi connectivity index (χ0v) is 11.7. The summed E-state index contributed by atoms with van der Waals surface area (Å²) in [4.78, 5) is 0. The number of hydrogen-bond donors (Lipinski definition) is 2. The zero-order chi connectivity index (χ0) is 12.3. The van der Waals surface area contributed by atoms with E-state index in [1.165, 1.54) is 51.4 Å². The molecule has 2 fully saturated rings. The second-order valence-electron chi connectivity index (χ2n) is 6.61. The molecule has 0 aromatic rings. The second kappa shape index (κ2) is 5.71. The molecule has 2 rings (SSSR count). The molecule has 0 radical (unpaired) electrons. The van der Waals surface area contributed by atoms with Gasteiger partial charge in [0.15, 0.2) is 0 Å². The Kier molecular flexibility index (Phi) is 4.48. The molecule has 0 saturated heterocycles. The molecule has 0 amide bonds. The normalized spacial score (nSPS) is 42.9. The van der Waals surface area contributed by atoms with E-state index in [0.29, 0.717) is 0 Å². The van der Waals surface area contributed by atoms with Gasteiger partial charge in [-0.2, -0.15) is 0 Å². The smallest absolute Gasteiger partial charge is 0.0309 e.